The summed E-state index contributed by atoms with van der Waals surface area (Å²) in [5.41, 5.74) is 4.04. The number of H-pyrrole nitrogens is 1. The van der Waals surface area contributed by atoms with Gasteiger partial charge in [0, 0.05) is 23.5 Å². The number of carbonyl (C=O) groups excluding carboxylic acids is 2. The number of aliphatic hydroxyl groups is 1. The second-order valence-electron chi connectivity index (χ2n) is 7.03. The Balaban J connectivity index is 2.01. The Labute approximate surface area is 145 Å². The molecule has 1 aromatic heterocycles. The molecule has 0 unspecified atom stereocenters. The van der Waals surface area contributed by atoms with E-state index in [4.69, 9.17) is 0 Å². The first-order valence-corrected chi connectivity index (χ1v) is 8.40. The molecule has 3 heterocycles. The highest BCUT2D eigenvalue weighted by atomic mass is 16.3. The maximum Gasteiger partial charge on any atom is 0.262 e. The zero-order valence-corrected chi connectivity index (χ0v) is 14.5. The molecule has 2 aromatic rings. The fourth-order valence-electron chi connectivity index (χ4n) is 4.05. The molecule has 1 amide bonds. The topological polar surface area (TPSA) is 73.4 Å². The average molecular weight is 336 g/mol. The Morgan fingerprint density at radius 2 is 2.04 bits per heavy atom. The summed E-state index contributed by atoms with van der Waals surface area (Å²) in [6.07, 6.45) is 4.39. The standard InChI is InChI=1S/C20H20N2O3/c1-10(2)7-15-13-5-4-6-14-18(13)12(9-21-14)8-16-19(24)17(11(3)23)20(25)22(15)16/h4-7,9,15-16,21,23H,8H2,1-3H3/b17-11-/t15-,16+/m1/s1. The van der Waals surface area contributed by atoms with Crippen LogP contribution in [0.5, 0.6) is 0 Å². The molecule has 2 N–H and O–H groups in total. The summed E-state index contributed by atoms with van der Waals surface area (Å²) in [5, 5.41) is 11.0. The fourth-order valence-corrected chi connectivity index (χ4v) is 4.05. The van der Waals surface area contributed by atoms with Crippen molar-refractivity contribution in [3.63, 3.8) is 0 Å². The number of fused-ring (bicyclic) bond motifs is 1. The summed E-state index contributed by atoms with van der Waals surface area (Å²) in [4.78, 5) is 30.7. The molecule has 1 saturated heterocycles. The van der Waals surface area contributed by atoms with E-state index < -0.39 is 6.04 Å². The number of aromatic amines is 1. The van der Waals surface area contributed by atoms with Gasteiger partial charge in [-0.15, -0.1) is 0 Å². The summed E-state index contributed by atoms with van der Waals surface area (Å²) in [6.45, 7) is 5.36. The van der Waals surface area contributed by atoms with Gasteiger partial charge in [0.1, 0.15) is 17.4 Å². The third-order valence-electron chi connectivity index (χ3n) is 5.04. The second-order valence-corrected chi connectivity index (χ2v) is 7.03. The highest BCUT2D eigenvalue weighted by molar-refractivity contribution is 6.27. The van der Waals surface area contributed by atoms with Crippen LogP contribution in [-0.2, 0) is 16.0 Å². The molecule has 2 aliphatic heterocycles. The van der Waals surface area contributed by atoms with Crippen LogP contribution in [0.4, 0.5) is 0 Å². The van der Waals surface area contributed by atoms with Crippen LogP contribution < -0.4 is 0 Å². The van der Waals surface area contributed by atoms with E-state index in [1.165, 1.54) is 6.92 Å². The summed E-state index contributed by atoms with van der Waals surface area (Å²) in [5.74, 6) is -0.880. The number of benzene rings is 1. The maximum absolute atomic E-state index is 13.0. The van der Waals surface area contributed by atoms with Crippen molar-refractivity contribution in [2.24, 2.45) is 0 Å². The van der Waals surface area contributed by atoms with E-state index in [1.54, 1.807) is 4.90 Å². The Morgan fingerprint density at radius 3 is 2.72 bits per heavy atom. The molecule has 0 saturated carbocycles. The second kappa shape index (κ2) is 5.34. The zero-order chi connectivity index (χ0) is 17.9. The number of nitrogens with one attached hydrogen (secondary N) is 1. The summed E-state index contributed by atoms with van der Waals surface area (Å²) in [6, 6.07) is 5.06. The Morgan fingerprint density at radius 1 is 1.28 bits per heavy atom. The number of hydrogen-bond acceptors (Lipinski definition) is 3. The van der Waals surface area contributed by atoms with Crippen LogP contribution in [0.15, 0.2) is 47.4 Å². The van der Waals surface area contributed by atoms with E-state index in [0.717, 1.165) is 27.6 Å². The molecule has 25 heavy (non-hydrogen) atoms. The number of hydrogen-bond donors (Lipinski definition) is 2. The number of rotatable bonds is 1. The third-order valence-corrected chi connectivity index (χ3v) is 5.04. The van der Waals surface area contributed by atoms with Gasteiger partial charge in [0.15, 0.2) is 5.78 Å². The summed E-state index contributed by atoms with van der Waals surface area (Å²) in [7, 11) is 0. The van der Waals surface area contributed by atoms with E-state index in [-0.39, 0.29) is 29.1 Å². The van der Waals surface area contributed by atoms with Crippen molar-refractivity contribution < 1.29 is 14.7 Å². The van der Waals surface area contributed by atoms with Crippen molar-refractivity contribution in [3.05, 3.63) is 58.5 Å². The minimum Gasteiger partial charge on any atom is -0.512 e. The van der Waals surface area contributed by atoms with Crippen LogP contribution in [-0.4, -0.2) is 32.7 Å². The van der Waals surface area contributed by atoms with Gasteiger partial charge >= 0.3 is 0 Å². The van der Waals surface area contributed by atoms with Crippen molar-refractivity contribution in [2.75, 3.05) is 0 Å². The van der Waals surface area contributed by atoms with Gasteiger partial charge in [0.2, 0.25) is 0 Å². The van der Waals surface area contributed by atoms with Crippen molar-refractivity contribution in [3.8, 4) is 0 Å². The van der Waals surface area contributed by atoms with E-state index in [2.05, 4.69) is 4.98 Å². The van der Waals surface area contributed by atoms with Gasteiger partial charge in [0.25, 0.3) is 5.91 Å². The molecule has 0 bridgehead atoms. The van der Waals surface area contributed by atoms with Crippen LogP contribution in [0.3, 0.4) is 0 Å². The molecule has 4 rings (SSSR count). The minimum absolute atomic E-state index is 0.0803. The average Bonchev–Trinajstić information content (AvgIpc) is 3.00. The number of allylic oxidation sites excluding steroid dienone is 2. The molecule has 128 valence electrons. The van der Waals surface area contributed by atoms with Gasteiger partial charge in [-0.2, -0.15) is 0 Å². The Kier molecular flexibility index (Phi) is 3.35. The summed E-state index contributed by atoms with van der Waals surface area (Å²) >= 11 is 0. The SMILES string of the molecule is CC(C)=C[C@@H]1c2cccc3[nH]cc(c23)C[C@H]2C(=O)/C(=C(\C)O)C(=O)N12. The molecule has 1 aromatic carbocycles. The van der Waals surface area contributed by atoms with Crippen LogP contribution in [0.25, 0.3) is 10.9 Å². The lowest BCUT2D eigenvalue weighted by molar-refractivity contribution is -0.128. The number of aliphatic hydroxyl groups excluding tert-OH is 1. The van der Waals surface area contributed by atoms with Crippen molar-refractivity contribution in [1.82, 2.24) is 9.88 Å². The third kappa shape index (κ3) is 2.15. The van der Waals surface area contributed by atoms with Crippen molar-refractivity contribution >= 4 is 22.6 Å². The molecule has 5 heteroatoms. The molecule has 2 atom stereocenters. The first kappa shape index (κ1) is 15.7. The van der Waals surface area contributed by atoms with E-state index in [0.29, 0.717) is 6.42 Å². The maximum atomic E-state index is 13.0. The molecular weight excluding hydrogens is 316 g/mol. The molecule has 5 nitrogen and oxygen atoms in total. The van der Waals surface area contributed by atoms with Gasteiger partial charge in [-0.1, -0.05) is 23.8 Å². The number of aromatic nitrogens is 1. The van der Waals surface area contributed by atoms with Crippen LogP contribution in [0.1, 0.15) is 37.9 Å². The van der Waals surface area contributed by atoms with Gasteiger partial charge < -0.3 is 15.0 Å². The first-order chi connectivity index (χ1) is 11.9. The molecule has 1 fully saturated rings. The number of nitrogens with zero attached hydrogens (tertiary/aromatic N) is 1. The normalized spacial score (nSPS) is 24.4. The highest BCUT2D eigenvalue weighted by Crippen LogP contribution is 2.42. The van der Waals surface area contributed by atoms with Crippen molar-refractivity contribution in [2.45, 2.75) is 39.3 Å². The van der Waals surface area contributed by atoms with Crippen molar-refractivity contribution in [1.29, 1.82) is 0 Å². The fraction of sp³-hybridized carbons (Fsp3) is 0.300. The largest absolute Gasteiger partial charge is 0.512 e. The van der Waals surface area contributed by atoms with Gasteiger partial charge in [0.05, 0.1) is 6.04 Å². The van der Waals surface area contributed by atoms with Gasteiger partial charge in [-0.25, -0.2) is 0 Å². The molecule has 2 aliphatic rings. The van der Waals surface area contributed by atoms with Crippen LogP contribution in [0, 0.1) is 0 Å². The summed E-state index contributed by atoms with van der Waals surface area (Å²) < 4.78 is 0. The van der Waals surface area contributed by atoms with Gasteiger partial charge in [-0.05, 0) is 38.0 Å². The van der Waals surface area contributed by atoms with Crippen LogP contribution >= 0.6 is 0 Å². The number of carbonyl (C=O) groups is 2. The highest BCUT2D eigenvalue weighted by Gasteiger charge is 2.49. The predicted molar refractivity (Wildman–Crippen MR) is 95.1 cm³/mol. The quantitative estimate of drug-likeness (QED) is 0.363. The van der Waals surface area contributed by atoms with Gasteiger partial charge in [-0.3, -0.25) is 9.59 Å². The smallest absolute Gasteiger partial charge is 0.262 e. The molecule has 0 aliphatic carbocycles. The predicted octanol–water partition coefficient (Wildman–Crippen LogP) is 3.34. The molecule has 0 radical (unpaired) electrons. The lowest BCUT2D eigenvalue weighted by Gasteiger charge is -2.29. The lowest BCUT2D eigenvalue weighted by Crippen LogP contribution is -2.38. The monoisotopic (exact) mass is 336 g/mol. The minimum atomic E-state index is -0.586. The number of Topliss-reactive ketones (excluding diaryl/α,β-unsaturated/α-hetero) is 1. The first-order valence-electron chi connectivity index (χ1n) is 8.40. The zero-order valence-electron chi connectivity index (χ0n) is 14.5. The van der Waals surface area contributed by atoms with E-state index in [1.807, 2.05) is 44.3 Å². The van der Waals surface area contributed by atoms with E-state index >= 15 is 0 Å². The number of ketones is 1. The lowest BCUT2D eigenvalue weighted by atomic mass is 9.97. The molecule has 0 spiro atoms. The Bertz CT molecular complexity index is 972. The molecular formula is C20H20N2O3. The van der Waals surface area contributed by atoms with E-state index in [9.17, 15) is 14.7 Å². The Hall–Kier alpha value is -2.82. The number of amides is 1. The van der Waals surface area contributed by atoms with Crippen LogP contribution in [0.2, 0.25) is 0 Å².